The minimum Gasteiger partial charge on any atom is -0.350 e. The third kappa shape index (κ3) is 4.33. The maximum atomic E-state index is 12.1. The molecule has 0 radical (unpaired) electrons. The fourth-order valence-corrected chi connectivity index (χ4v) is 4.17. The van der Waals surface area contributed by atoms with Crippen molar-refractivity contribution in [2.45, 2.75) is 25.7 Å². The molecule has 0 unspecified atom stereocenters. The number of piperidine rings is 1. The molecule has 1 aliphatic heterocycles. The van der Waals surface area contributed by atoms with Gasteiger partial charge in [-0.1, -0.05) is 22.9 Å². The SMILES string of the molecule is O=C(CC1CCN(c2nc3ccc(Cl)cc3s2)CC1)NCC(F)F. The van der Waals surface area contributed by atoms with Gasteiger partial charge in [0.1, 0.15) is 0 Å². The molecule has 3 rings (SSSR count). The van der Waals surface area contributed by atoms with Gasteiger partial charge in [0.2, 0.25) is 5.91 Å². The number of fused-ring (bicyclic) bond motifs is 1. The molecule has 2 heterocycles. The number of hydrogen-bond acceptors (Lipinski definition) is 4. The van der Waals surface area contributed by atoms with Crippen molar-refractivity contribution in [3.8, 4) is 0 Å². The van der Waals surface area contributed by atoms with Gasteiger partial charge >= 0.3 is 0 Å². The fraction of sp³-hybridized carbons (Fsp3) is 0.500. The number of rotatable bonds is 5. The molecule has 1 amide bonds. The minimum absolute atomic E-state index is 0.239. The van der Waals surface area contributed by atoms with Crippen molar-refractivity contribution >= 4 is 44.2 Å². The summed E-state index contributed by atoms with van der Waals surface area (Å²) in [5, 5.41) is 3.94. The minimum atomic E-state index is -2.50. The van der Waals surface area contributed by atoms with Crippen LogP contribution in [0.2, 0.25) is 5.02 Å². The van der Waals surface area contributed by atoms with E-state index in [9.17, 15) is 13.6 Å². The second-order valence-corrected chi connectivity index (χ2v) is 7.38. The zero-order valence-electron chi connectivity index (χ0n) is 13.0. The number of amides is 1. The molecule has 24 heavy (non-hydrogen) atoms. The number of benzene rings is 1. The lowest BCUT2D eigenvalue weighted by molar-refractivity contribution is -0.122. The summed E-state index contributed by atoms with van der Waals surface area (Å²) in [5.41, 5.74) is 0.938. The number of anilines is 1. The second kappa shape index (κ2) is 7.61. The van der Waals surface area contributed by atoms with Crippen LogP contribution in [0, 0.1) is 5.92 Å². The number of carbonyl (C=O) groups excluding carboxylic acids is 1. The molecule has 1 aliphatic rings. The van der Waals surface area contributed by atoms with Crippen LogP contribution in [0.1, 0.15) is 19.3 Å². The smallest absolute Gasteiger partial charge is 0.255 e. The Hall–Kier alpha value is -1.47. The predicted molar refractivity (Wildman–Crippen MR) is 93.2 cm³/mol. The number of aromatic nitrogens is 1. The summed E-state index contributed by atoms with van der Waals surface area (Å²) in [6.07, 6.45) is -0.462. The van der Waals surface area contributed by atoms with E-state index < -0.39 is 13.0 Å². The van der Waals surface area contributed by atoms with E-state index in [1.54, 1.807) is 11.3 Å². The first-order chi connectivity index (χ1) is 11.5. The topological polar surface area (TPSA) is 45.2 Å². The van der Waals surface area contributed by atoms with Crippen molar-refractivity contribution in [1.82, 2.24) is 10.3 Å². The highest BCUT2D eigenvalue weighted by molar-refractivity contribution is 7.22. The van der Waals surface area contributed by atoms with E-state index in [2.05, 4.69) is 15.2 Å². The van der Waals surface area contributed by atoms with E-state index in [4.69, 9.17) is 11.6 Å². The summed E-state index contributed by atoms with van der Waals surface area (Å²) in [5.74, 6) is -0.0499. The molecular weight excluding hydrogens is 356 g/mol. The Labute approximate surface area is 147 Å². The van der Waals surface area contributed by atoms with Crippen LogP contribution in [0.3, 0.4) is 0 Å². The molecule has 0 aliphatic carbocycles. The van der Waals surface area contributed by atoms with Crippen LogP contribution >= 0.6 is 22.9 Å². The molecule has 0 saturated carbocycles. The highest BCUT2D eigenvalue weighted by atomic mass is 35.5. The van der Waals surface area contributed by atoms with Gasteiger partial charge in [-0.05, 0) is 37.0 Å². The highest BCUT2D eigenvalue weighted by Gasteiger charge is 2.23. The summed E-state index contributed by atoms with van der Waals surface area (Å²) in [6, 6.07) is 5.66. The van der Waals surface area contributed by atoms with Gasteiger partial charge in [0.25, 0.3) is 6.43 Å². The number of carbonyl (C=O) groups is 1. The van der Waals surface area contributed by atoms with Crippen molar-refractivity contribution in [2.75, 3.05) is 24.5 Å². The van der Waals surface area contributed by atoms with Crippen LogP contribution in [-0.4, -0.2) is 37.0 Å². The third-order valence-electron chi connectivity index (χ3n) is 4.15. The van der Waals surface area contributed by atoms with Gasteiger partial charge in [0, 0.05) is 24.5 Å². The molecule has 1 N–H and O–H groups in total. The molecule has 1 fully saturated rings. The lowest BCUT2D eigenvalue weighted by atomic mass is 9.93. The van der Waals surface area contributed by atoms with Gasteiger partial charge < -0.3 is 10.2 Å². The summed E-state index contributed by atoms with van der Waals surface area (Å²) in [6.45, 7) is 1.08. The van der Waals surface area contributed by atoms with E-state index >= 15 is 0 Å². The zero-order valence-corrected chi connectivity index (χ0v) is 14.5. The standard InChI is InChI=1S/C16H18ClF2N3OS/c17-11-1-2-12-13(8-11)24-16(21-12)22-5-3-10(4-6-22)7-15(23)20-9-14(18)19/h1-2,8,10,14H,3-7,9H2,(H,20,23). The summed E-state index contributed by atoms with van der Waals surface area (Å²) < 4.78 is 25.2. The van der Waals surface area contributed by atoms with Gasteiger partial charge in [-0.15, -0.1) is 0 Å². The monoisotopic (exact) mass is 373 g/mol. The van der Waals surface area contributed by atoms with E-state index in [0.717, 1.165) is 41.3 Å². The zero-order chi connectivity index (χ0) is 17.1. The Kier molecular flexibility index (Phi) is 5.50. The number of nitrogens with zero attached hydrogens (tertiary/aromatic N) is 2. The molecule has 2 aromatic rings. The average Bonchev–Trinajstić information content (AvgIpc) is 2.96. The van der Waals surface area contributed by atoms with Crippen molar-refractivity contribution in [3.05, 3.63) is 23.2 Å². The highest BCUT2D eigenvalue weighted by Crippen LogP contribution is 2.33. The van der Waals surface area contributed by atoms with Crippen LogP contribution in [0.4, 0.5) is 13.9 Å². The summed E-state index contributed by atoms with van der Waals surface area (Å²) in [4.78, 5) is 18.5. The number of nitrogens with one attached hydrogen (secondary N) is 1. The van der Waals surface area contributed by atoms with Crippen molar-refractivity contribution in [2.24, 2.45) is 5.92 Å². The third-order valence-corrected chi connectivity index (χ3v) is 5.47. The summed E-state index contributed by atoms with van der Waals surface area (Å²) in [7, 11) is 0. The van der Waals surface area contributed by atoms with Crippen molar-refractivity contribution < 1.29 is 13.6 Å². The maximum Gasteiger partial charge on any atom is 0.255 e. The molecule has 8 heteroatoms. The number of thiazole rings is 1. The van der Waals surface area contributed by atoms with Crippen LogP contribution < -0.4 is 10.2 Å². The molecule has 0 spiro atoms. The van der Waals surface area contributed by atoms with E-state index in [1.807, 2.05) is 18.2 Å². The normalized spacial score (nSPS) is 16.1. The number of alkyl halides is 2. The Balaban J connectivity index is 1.53. The largest absolute Gasteiger partial charge is 0.350 e. The number of halogens is 3. The second-order valence-electron chi connectivity index (χ2n) is 5.94. The van der Waals surface area contributed by atoms with Gasteiger partial charge in [0.05, 0.1) is 16.8 Å². The molecule has 1 aromatic carbocycles. The Morgan fingerprint density at radius 2 is 2.17 bits per heavy atom. The molecule has 130 valence electrons. The Bertz CT molecular complexity index is 716. The van der Waals surface area contributed by atoms with Crippen molar-refractivity contribution in [3.63, 3.8) is 0 Å². The lowest BCUT2D eigenvalue weighted by Crippen LogP contribution is -2.36. The first-order valence-corrected chi connectivity index (χ1v) is 9.06. The fourth-order valence-electron chi connectivity index (χ4n) is 2.88. The Morgan fingerprint density at radius 1 is 1.42 bits per heavy atom. The van der Waals surface area contributed by atoms with Crippen molar-refractivity contribution in [1.29, 1.82) is 0 Å². The van der Waals surface area contributed by atoms with Crippen LogP contribution in [0.25, 0.3) is 10.2 Å². The van der Waals surface area contributed by atoms with Crippen LogP contribution in [0.5, 0.6) is 0 Å². The molecule has 1 saturated heterocycles. The summed E-state index contributed by atoms with van der Waals surface area (Å²) >= 11 is 7.62. The first kappa shape index (κ1) is 17.4. The van der Waals surface area contributed by atoms with Gasteiger partial charge in [0.15, 0.2) is 5.13 Å². The molecular formula is C16H18ClF2N3OS. The first-order valence-electron chi connectivity index (χ1n) is 7.87. The molecule has 0 bridgehead atoms. The van der Waals surface area contributed by atoms with Crippen LogP contribution in [0.15, 0.2) is 18.2 Å². The molecule has 4 nitrogen and oxygen atoms in total. The predicted octanol–water partition coefficient (Wildman–Crippen LogP) is 3.94. The maximum absolute atomic E-state index is 12.1. The molecule has 1 aromatic heterocycles. The van der Waals surface area contributed by atoms with E-state index in [-0.39, 0.29) is 11.8 Å². The van der Waals surface area contributed by atoms with E-state index in [0.29, 0.717) is 11.4 Å². The van der Waals surface area contributed by atoms with Crippen LogP contribution in [-0.2, 0) is 4.79 Å². The van der Waals surface area contributed by atoms with Gasteiger partial charge in [-0.3, -0.25) is 4.79 Å². The Morgan fingerprint density at radius 3 is 2.88 bits per heavy atom. The molecule has 0 atom stereocenters. The van der Waals surface area contributed by atoms with Gasteiger partial charge in [-0.2, -0.15) is 0 Å². The van der Waals surface area contributed by atoms with E-state index in [1.165, 1.54) is 0 Å². The quantitative estimate of drug-likeness (QED) is 0.863. The van der Waals surface area contributed by atoms with Gasteiger partial charge in [-0.25, -0.2) is 13.8 Å². The average molecular weight is 374 g/mol. The number of hydrogen-bond donors (Lipinski definition) is 1. The lowest BCUT2D eigenvalue weighted by Gasteiger charge is -2.31.